The highest BCUT2D eigenvalue weighted by Gasteiger charge is 2.21. The molecule has 7 heteroatoms. The van der Waals surface area contributed by atoms with Gasteiger partial charge in [-0.05, 0) is 12.1 Å². The normalized spacial score (nSPS) is 16.2. The van der Waals surface area contributed by atoms with Crippen LogP contribution in [-0.2, 0) is 11.3 Å². The zero-order chi connectivity index (χ0) is 14.8. The zero-order valence-electron chi connectivity index (χ0n) is 11.4. The lowest BCUT2D eigenvalue weighted by Gasteiger charge is -2.26. The smallest absolute Gasteiger partial charge is 0.343 e. The number of hydrogen-bond acceptors (Lipinski definition) is 5. The molecule has 3 rings (SSSR count). The van der Waals surface area contributed by atoms with Crippen molar-refractivity contribution in [3.8, 4) is 0 Å². The van der Waals surface area contributed by atoms with E-state index in [1.54, 1.807) is 18.2 Å². The van der Waals surface area contributed by atoms with Crippen molar-refractivity contribution in [1.82, 2.24) is 14.3 Å². The van der Waals surface area contributed by atoms with E-state index < -0.39 is 11.5 Å². The summed E-state index contributed by atoms with van der Waals surface area (Å²) in [6, 6.07) is 5.12. The van der Waals surface area contributed by atoms with E-state index >= 15 is 0 Å². The highest BCUT2D eigenvalue weighted by molar-refractivity contribution is 5.88. The topological polar surface area (TPSA) is 84.1 Å². The standard InChI is InChI=1S/C14H15N3O4/c18-13-12(14(19)20)10(9-16-5-7-21-8-6-16)15-11-3-1-2-4-17(11)13/h1-4H,5-9H2,(H,19,20). The van der Waals surface area contributed by atoms with Gasteiger partial charge in [0.1, 0.15) is 11.2 Å². The molecule has 0 spiro atoms. The van der Waals surface area contributed by atoms with E-state index in [1.165, 1.54) is 10.6 Å². The van der Waals surface area contributed by atoms with E-state index in [2.05, 4.69) is 4.98 Å². The minimum atomic E-state index is -1.24. The third-order valence-electron chi connectivity index (χ3n) is 3.50. The van der Waals surface area contributed by atoms with E-state index in [0.29, 0.717) is 44.2 Å². The molecule has 0 saturated carbocycles. The summed E-state index contributed by atoms with van der Waals surface area (Å²) in [6.45, 7) is 2.96. The molecule has 2 aromatic rings. The van der Waals surface area contributed by atoms with Crippen molar-refractivity contribution in [2.45, 2.75) is 6.54 Å². The lowest BCUT2D eigenvalue weighted by atomic mass is 10.2. The SMILES string of the molecule is O=C(O)c1c(CN2CCOCC2)nc2ccccn2c1=O. The van der Waals surface area contributed by atoms with Gasteiger partial charge in [0.15, 0.2) is 0 Å². The number of nitrogens with zero attached hydrogens (tertiary/aromatic N) is 3. The average Bonchev–Trinajstić information content (AvgIpc) is 2.48. The van der Waals surface area contributed by atoms with Crippen LogP contribution in [0.1, 0.15) is 16.1 Å². The first-order valence-corrected chi connectivity index (χ1v) is 6.70. The lowest BCUT2D eigenvalue weighted by molar-refractivity contribution is 0.0333. The van der Waals surface area contributed by atoms with Crippen molar-refractivity contribution >= 4 is 11.6 Å². The first kappa shape index (κ1) is 13.7. The number of carbonyl (C=O) groups is 1. The maximum Gasteiger partial charge on any atom is 0.343 e. The summed E-state index contributed by atoms with van der Waals surface area (Å²) in [5.41, 5.74) is -0.0436. The van der Waals surface area contributed by atoms with Gasteiger partial charge in [0, 0.05) is 25.8 Å². The van der Waals surface area contributed by atoms with Gasteiger partial charge in [0.25, 0.3) is 5.56 Å². The molecule has 0 bridgehead atoms. The maximum absolute atomic E-state index is 12.3. The second kappa shape index (κ2) is 5.63. The fourth-order valence-electron chi connectivity index (χ4n) is 2.44. The maximum atomic E-state index is 12.3. The summed E-state index contributed by atoms with van der Waals surface area (Å²) in [5, 5.41) is 9.34. The van der Waals surface area contributed by atoms with Gasteiger partial charge in [0.05, 0.1) is 18.9 Å². The number of carboxylic acids is 1. The van der Waals surface area contributed by atoms with Gasteiger partial charge in [-0.15, -0.1) is 0 Å². The molecule has 21 heavy (non-hydrogen) atoms. The number of rotatable bonds is 3. The van der Waals surface area contributed by atoms with E-state index in [9.17, 15) is 14.7 Å². The Kier molecular flexibility index (Phi) is 3.68. The number of aromatic nitrogens is 2. The van der Waals surface area contributed by atoms with Gasteiger partial charge >= 0.3 is 5.97 Å². The Bertz CT molecular complexity index is 735. The number of carboxylic acid groups (broad SMARTS) is 1. The summed E-state index contributed by atoms with van der Waals surface area (Å²) >= 11 is 0. The molecule has 1 saturated heterocycles. The second-order valence-electron chi connectivity index (χ2n) is 4.86. The Morgan fingerprint density at radius 2 is 2.10 bits per heavy atom. The molecule has 0 unspecified atom stereocenters. The number of pyridine rings is 1. The Balaban J connectivity index is 2.09. The molecule has 1 aliphatic heterocycles. The van der Waals surface area contributed by atoms with E-state index in [4.69, 9.17) is 4.74 Å². The number of aromatic carboxylic acids is 1. The monoisotopic (exact) mass is 289 g/mol. The van der Waals surface area contributed by atoms with Crippen LogP contribution in [0.15, 0.2) is 29.2 Å². The van der Waals surface area contributed by atoms with E-state index in [1.807, 2.05) is 4.90 Å². The predicted octanol–water partition coefficient (Wildman–Crippen LogP) is 0.225. The Hall–Kier alpha value is -2.25. The Morgan fingerprint density at radius 1 is 1.33 bits per heavy atom. The van der Waals surface area contributed by atoms with Crippen LogP contribution in [0.5, 0.6) is 0 Å². The van der Waals surface area contributed by atoms with Crippen molar-refractivity contribution in [2.24, 2.45) is 0 Å². The largest absolute Gasteiger partial charge is 0.477 e. The van der Waals surface area contributed by atoms with Gasteiger partial charge in [-0.25, -0.2) is 9.78 Å². The molecule has 3 heterocycles. The fourth-order valence-corrected chi connectivity index (χ4v) is 2.44. The molecular weight excluding hydrogens is 274 g/mol. The Labute approximate surface area is 120 Å². The summed E-state index contributed by atoms with van der Waals surface area (Å²) in [7, 11) is 0. The lowest BCUT2D eigenvalue weighted by Crippen LogP contribution is -2.37. The van der Waals surface area contributed by atoms with Crippen LogP contribution in [0, 0.1) is 0 Å². The highest BCUT2D eigenvalue weighted by Crippen LogP contribution is 2.10. The molecule has 0 radical (unpaired) electrons. The molecule has 1 aliphatic rings. The number of ether oxygens (including phenoxy) is 1. The summed E-state index contributed by atoms with van der Waals surface area (Å²) < 4.78 is 6.52. The first-order valence-electron chi connectivity index (χ1n) is 6.70. The average molecular weight is 289 g/mol. The van der Waals surface area contributed by atoms with Crippen LogP contribution in [0.3, 0.4) is 0 Å². The van der Waals surface area contributed by atoms with Gasteiger partial charge in [-0.3, -0.25) is 14.1 Å². The van der Waals surface area contributed by atoms with Crippen molar-refractivity contribution in [1.29, 1.82) is 0 Å². The van der Waals surface area contributed by atoms with Crippen LogP contribution in [0.4, 0.5) is 0 Å². The van der Waals surface area contributed by atoms with Crippen LogP contribution in [0.2, 0.25) is 0 Å². The van der Waals surface area contributed by atoms with Gasteiger partial charge in [-0.1, -0.05) is 6.07 Å². The Morgan fingerprint density at radius 3 is 2.81 bits per heavy atom. The molecule has 0 aliphatic carbocycles. The van der Waals surface area contributed by atoms with Crippen molar-refractivity contribution in [3.63, 3.8) is 0 Å². The summed E-state index contributed by atoms with van der Waals surface area (Å²) in [6.07, 6.45) is 1.52. The van der Waals surface area contributed by atoms with Crippen LogP contribution in [-0.4, -0.2) is 51.7 Å². The second-order valence-corrected chi connectivity index (χ2v) is 4.86. The van der Waals surface area contributed by atoms with Crippen molar-refractivity contribution in [3.05, 3.63) is 46.0 Å². The van der Waals surface area contributed by atoms with Crippen molar-refractivity contribution in [2.75, 3.05) is 26.3 Å². The van der Waals surface area contributed by atoms with Gasteiger partial charge in [-0.2, -0.15) is 0 Å². The molecule has 0 atom stereocenters. The molecule has 0 amide bonds. The molecular formula is C14H15N3O4. The third kappa shape index (κ3) is 2.65. The minimum absolute atomic E-state index is 0.259. The van der Waals surface area contributed by atoms with E-state index in [0.717, 1.165) is 0 Å². The number of hydrogen-bond donors (Lipinski definition) is 1. The van der Waals surface area contributed by atoms with E-state index in [-0.39, 0.29) is 5.56 Å². The van der Waals surface area contributed by atoms with Crippen LogP contribution < -0.4 is 5.56 Å². The van der Waals surface area contributed by atoms with Gasteiger partial charge < -0.3 is 9.84 Å². The van der Waals surface area contributed by atoms with Crippen molar-refractivity contribution < 1.29 is 14.6 Å². The van der Waals surface area contributed by atoms with Gasteiger partial charge in [0.2, 0.25) is 0 Å². The zero-order valence-corrected chi connectivity index (χ0v) is 11.4. The summed E-state index contributed by atoms with van der Waals surface area (Å²) in [4.78, 5) is 30.2. The highest BCUT2D eigenvalue weighted by atomic mass is 16.5. The molecule has 110 valence electrons. The third-order valence-corrected chi connectivity index (χ3v) is 3.50. The first-order chi connectivity index (χ1) is 10.2. The van der Waals surface area contributed by atoms with Crippen LogP contribution >= 0.6 is 0 Å². The number of morpholine rings is 1. The summed E-state index contributed by atoms with van der Waals surface area (Å²) in [5.74, 6) is -1.24. The molecule has 7 nitrogen and oxygen atoms in total. The molecule has 1 N–H and O–H groups in total. The molecule has 1 fully saturated rings. The molecule has 2 aromatic heterocycles. The van der Waals surface area contributed by atoms with Crippen LogP contribution in [0.25, 0.3) is 5.65 Å². The predicted molar refractivity (Wildman–Crippen MR) is 74.5 cm³/mol. The molecule has 0 aromatic carbocycles. The minimum Gasteiger partial charge on any atom is -0.477 e. The fraction of sp³-hybridized carbons (Fsp3) is 0.357. The number of fused-ring (bicyclic) bond motifs is 1. The quantitative estimate of drug-likeness (QED) is 0.870.